The van der Waals surface area contributed by atoms with Crippen molar-refractivity contribution < 1.29 is 6.22 Å². The van der Waals surface area contributed by atoms with Crippen molar-refractivity contribution in [2.24, 2.45) is 11.8 Å². The fourth-order valence-electron chi connectivity index (χ4n) is 7.07. The number of carbonyl (C=O) groups is 1. The molecular weight excluding hydrogens is 553 g/mol. The number of piperazine rings is 1. The molecule has 1 aromatic carbocycles. The Hall–Kier alpha value is -1.86. The number of piperidine rings is 1. The van der Waals surface area contributed by atoms with Gasteiger partial charge in [0.2, 0.25) is 0 Å². The van der Waals surface area contributed by atoms with Gasteiger partial charge in [0.25, 0.3) is 5.91 Å². The molecule has 3 fully saturated rings. The monoisotopic (exact) mass is 601 g/mol. The molecule has 0 unspecified atom stereocenters. The van der Waals surface area contributed by atoms with E-state index in [9.17, 15) is 4.79 Å². The van der Waals surface area contributed by atoms with Crippen molar-refractivity contribution in [3.63, 3.8) is 0 Å². The van der Waals surface area contributed by atoms with Crippen LogP contribution in [0.25, 0.3) is 0 Å². The van der Waals surface area contributed by atoms with E-state index in [2.05, 4.69) is 46.0 Å². The summed E-state index contributed by atoms with van der Waals surface area (Å²) < 4.78 is 0. The predicted molar refractivity (Wildman–Crippen MR) is 172 cm³/mol. The van der Waals surface area contributed by atoms with Gasteiger partial charge in [-0.2, -0.15) is 0 Å². The van der Waals surface area contributed by atoms with Gasteiger partial charge < -0.3 is 10.2 Å². The Morgan fingerprint density at radius 2 is 1.76 bits per heavy atom. The summed E-state index contributed by atoms with van der Waals surface area (Å²) in [6.07, 6.45) is 11.6. The van der Waals surface area contributed by atoms with Crippen LogP contribution in [0.3, 0.4) is 0 Å². The Bertz CT molecular complexity index is 1140. The topological polar surface area (TPSA) is 51.7 Å². The highest BCUT2D eigenvalue weighted by Crippen LogP contribution is 2.31. The average molecular weight is 603 g/mol. The molecule has 0 spiro atoms. The number of hydrogen-bond acceptors (Lipinski definition) is 5. The average Bonchev–Trinajstić information content (AvgIpc) is 2.98. The number of likely N-dealkylation sites (tertiary alicyclic amines) is 1. The number of benzene rings is 1. The van der Waals surface area contributed by atoms with E-state index >= 15 is 0 Å². The van der Waals surface area contributed by atoms with Crippen LogP contribution in [0.2, 0.25) is 10.0 Å². The summed E-state index contributed by atoms with van der Waals surface area (Å²) in [4.78, 5) is 25.2. The number of carbonyl (C=O) groups excluding carboxylic acids is 1. The highest BCUT2D eigenvalue weighted by Gasteiger charge is 2.35. The number of anilines is 1. The number of nitrogens with zero attached hydrogens (tertiary/aromatic N) is 4. The summed E-state index contributed by atoms with van der Waals surface area (Å²) in [5, 5.41) is 4.49. The molecule has 1 aliphatic carbocycles. The third kappa shape index (κ3) is 8.37. The largest absolute Gasteiger partial charge is 0.353 e. The normalized spacial score (nSPS) is 21.9. The van der Waals surface area contributed by atoms with Crippen molar-refractivity contribution in [1.29, 1.82) is 0 Å². The van der Waals surface area contributed by atoms with Gasteiger partial charge in [-0.15, -0.1) is 0 Å². The van der Waals surface area contributed by atoms with Crippen LogP contribution in [-0.4, -0.2) is 72.0 Å². The molecule has 5 rings (SSSR count). The zero-order valence-electron chi connectivity index (χ0n) is 24.8. The first-order chi connectivity index (χ1) is 19.9. The van der Waals surface area contributed by atoms with Crippen molar-refractivity contribution in [1.82, 2.24) is 20.1 Å². The molecule has 0 bridgehead atoms. The highest BCUT2D eigenvalue weighted by molar-refractivity contribution is 6.33. The van der Waals surface area contributed by atoms with Crippen molar-refractivity contribution >= 4 is 34.9 Å². The van der Waals surface area contributed by atoms with Gasteiger partial charge >= 0.3 is 0 Å². The van der Waals surface area contributed by atoms with E-state index in [0.29, 0.717) is 34.5 Å². The Labute approximate surface area is 258 Å². The van der Waals surface area contributed by atoms with Crippen LogP contribution in [0.15, 0.2) is 36.5 Å². The molecule has 2 aliphatic heterocycles. The first-order valence-electron chi connectivity index (χ1n) is 15.8. The number of halogens is 2. The minimum atomic E-state index is -0.0681. The third-order valence-corrected chi connectivity index (χ3v) is 9.81. The second-order valence-corrected chi connectivity index (χ2v) is 13.7. The van der Waals surface area contributed by atoms with E-state index in [1.165, 1.54) is 50.5 Å². The van der Waals surface area contributed by atoms with Crippen LogP contribution in [0.1, 0.15) is 82.6 Å². The zero-order chi connectivity index (χ0) is 28.8. The van der Waals surface area contributed by atoms with Crippen molar-refractivity contribution in [2.45, 2.75) is 83.8 Å². The second-order valence-electron chi connectivity index (χ2n) is 12.8. The van der Waals surface area contributed by atoms with Crippen molar-refractivity contribution in [2.75, 3.05) is 44.2 Å². The lowest BCUT2D eigenvalue weighted by Crippen LogP contribution is -2.59. The number of hydrogen-bond donors (Lipinski definition) is 1. The van der Waals surface area contributed by atoms with Gasteiger partial charge in [0.1, 0.15) is 5.82 Å². The van der Waals surface area contributed by atoms with E-state index < -0.39 is 0 Å². The molecule has 2 saturated heterocycles. The minimum Gasteiger partial charge on any atom is -0.353 e. The van der Waals surface area contributed by atoms with Crippen LogP contribution in [0, 0.1) is 11.8 Å². The molecule has 1 aromatic heterocycles. The molecule has 1 amide bonds. The van der Waals surface area contributed by atoms with Crippen LogP contribution in [0.5, 0.6) is 0 Å². The van der Waals surface area contributed by atoms with Crippen molar-refractivity contribution in [3.05, 3.63) is 57.7 Å². The van der Waals surface area contributed by atoms with E-state index in [1.54, 1.807) is 12.3 Å². The van der Waals surface area contributed by atoms with E-state index in [0.717, 1.165) is 63.1 Å². The van der Waals surface area contributed by atoms with Crippen molar-refractivity contribution in [3.8, 4) is 0 Å². The van der Waals surface area contributed by atoms with Gasteiger partial charge in [0, 0.05) is 57.5 Å². The summed E-state index contributed by atoms with van der Waals surface area (Å²) in [7, 11) is 0. The maximum atomic E-state index is 12.8. The fraction of sp³-hybridized carbons (Fsp3) is 0.636. The predicted octanol–water partition coefficient (Wildman–Crippen LogP) is 7.15. The molecule has 1 N–H and O–H groups in total. The fourth-order valence-corrected chi connectivity index (χ4v) is 7.48. The van der Waals surface area contributed by atoms with Gasteiger partial charge in [-0.25, -0.2) is 4.98 Å². The number of pyridine rings is 1. The summed E-state index contributed by atoms with van der Waals surface area (Å²) in [5.74, 6) is 1.95. The molecule has 3 aliphatic rings. The number of nitrogens with one attached hydrogen (secondary N) is 1. The Balaban J connectivity index is 0.00000405. The van der Waals surface area contributed by atoms with E-state index in [4.69, 9.17) is 28.2 Å². The number of rotatable bonds is 9. The molecule has 2 aromatic rings. The van der Waals surface area contributed by atoms with E-state index in [-0.39, 0.29) is 7.33 Å². The Kier molecular flexibility index (Phi) is 10.9. The SMILES string of the molecule is CC(C)C[C@H]1CN(c2ncc(C(=O)NCC3CCCCC3)cc2Cl)CCN1C1CCN(Cc2ccc(Cl)cc2)CC1.[HH]. The quantitative estimate of drug-likeness (QED) is 0.331. The van der Waals surface area contributed by atoms with Gasteiger partial charge in [-0.1, -0.05) is 68.4 Å². The van der Waals surface area contributed by atoms with Gasteiger partial charge in [0.05, 0.1) is 10.6 Å². The lowest BCUT2D eigenvalue weighted by atomic mass is 9.89. The molecule has 1 atom stereocenters. The molecule has 8 heteroatoms. The maximum Gasteiger partial charge on any atom is 0.252 e. The van der Waals surface area contributed by atoms with Crippen LogP contribution >= 0.6 is 23.2 Å². The van der Waals surface area contributed by atoms with Crippen LogP contribution in [0.4, 0.5) is 5.82 Å². The molecule has 1 saturated carbocycles. The number of aromatic nitrogens is 1. The minimum absolute atomic E-state index is 0. The lowest BCUT2D eigenvalue weighted by Gasteiger charge is -2.48. The van der Waals surface area contributed by atoms with Gasteiger partial charge in [-0.3, -0.25) is 14.6 Å². The Morgan fingerprint density at radius 1 is 1.02 bits per heavy atom. The van der Waals surface area contributed by atoms with Crippen LogP contribution < -0.4 is 10.2 Å². The van der Waals surface area contributed by atoms with Gasteiger partial charge in [0.15, 0.2) is 0 Å². The number of amides is 1. The smallest absolute Gasteiger partial charge is 0.252 e. The summed E-state index contributed by atoms with van der Waals surface area (Å²) in [5.41, 5.74) is 1.88. The summed E-state index contributed by atoms with van der Waals surface area (Å²) in [6, 6.07) is 11.1. The summed E-state index contributed by atoms with van der Waals surface area (Å²) in [6.45, 7) is 11.5. The molecule has 3 heterocycles. The standard InChI is InChI=1S/C33H47Cl2N5O.H2/c1-24(2)18-30-23-39(32-31(35)19-27(21-36-32)33(41)37-20-25-6-4-3-5-7-25)16-17-40(30)29-12-14-38(15-13-29)22-26-8-10-28(34)11-9-26;/h8-11,19,21,24-25,29-30H,3-7,12-18,20,22-23H2,1-2H3,(H,37,41);1H/t30-;/m0./s1. The lowest BCUT2D eigenvalue weighted by molar-refractivity contribution is 0.0545. The first kappa shape index (κ1) is 30.6. The first-order valence-corrected chi connectivity index (χ1v) is 16.5. The molecule has 41 heavy (non-hydrogen) atoms. The van der Waals surface area contributed by atoms with Crippen LogP contribution in [-0.2, 0) is 6.54 Å². The molecule has 226 valence electrons. The molecule has 6 nitrogen and oxygen atoms in total. The van der Waals surface area contributed by atoms with E-state index in [1.807, 2.05) is 12.1 Å². The molecule has 0 radical (unpaired) electrons. The highest BCUT2D eigenvalue weighted by atomic mass is 35.5. The van der Waals surface area contributed by atoms with Gasteiger partial charge in [-0.05, 0) is 80.8 Å². The maximum absolute atomic E-state index is 12.8. The third-order valence-electron chi connectivity index (χ3n) is 9.28. The second kappa shape index (κ2) is 14.5. The Morgan fingerprint density at radius 3 is 2.44 bits per heavy atom. The molecular formula is C33H49Cl2N5O. The summed E-state index contributed by atoms with van der Waals surface area (Å²) >= 11 is 12.8. The zero-order valence-corrected chi connectivity index (χ0v) is 26.3.